The topological polar surface area (TPSA) is 74.0 Å². The van der Waals surface area contributed by atoms with Gasteiger partial charge in [0.1, 0.15) is 0 Å². The number of carbonyl (C=O) groups is 1. The molecule has 1 amide bonds. The number of hydrogen-bond acceptors (Lipinski definition) is 4. The third-order valence-electron chi connectivity index (χ3n) is 4.43. The average Bonchev–Trinajstić information content (AvgIpc) is 3.36. The minimum absolute atomic E-state index is 0.0247. The van der Waals surface area contributed by atoms with Gasteiger partial charge in [0.05, 0.1) is 21.1 Å². The molecule has 12 heteroatoms. The molecule has 4 rings (SSSR count). The number of anilines is 1. The van der Waals surface area contributed by atoms with Crippen molar-refractivity contribution in [2.75, 3.05) is 5.32 Å². The first-order valence-corrected chi connectivity index (χ1v) is 11.7. The van der Waals surface area contributed by atoms with Crippen LogP contribution in [0.25, 0.3) is 0 Å². The van der Waals surface area contributed by atoms with E-state index < -0.39 is 5.91 Å². The van der Waals surface area contributed by atoms with E-state index in [4.69, 9.17) is 51.1 Å². The average molecular weight is 590 g/mol. The second kappa shape index (κ2) is 10.4. The number of hydrogen-bond donors (Lipinski definition) is 1. The van der Waals surface area contributed by atoms with E-state index in [1.807, 2.05) is 6.07 Å². The zero-order valence-electron chi connectivity index (χ0n) is 16.6. The zero-order chi connectivity index (χ0) is 23.5. The fourth-order valence-electron chi connectivity index (χ4n) is 2.86. The number of amides is 1. The Balaban J connectivity index is 1.40. The molecule has 0 radical (unpaired) electrons. The molecular formula is C21H14BrCl4N5O2. The third kappa shape index (κ3) is 5.83. The summed E-state index contributed by atoms with van der Waals surface area (Å²) in [6, 6.07) is 11.9. The molecule has 0 saturated carbocycles. The highest BCUT2D eigenvalue weighted by atomic mass is 79.9. The Bertz CT molecular complexity index is 1300. The molecule has 0 fully saturated rings. The summed E-state index contributed by atoms with van der Waals surface area (Å²) in [5.74, 6) is 0.260. The predicted molar refractivity (Wildman–Crippen MR) is 133 cm³/mol. The van der Waals surface area contributed by atoms with Gasteiger partial charge in [0.15, 0.2) is 24.0 Å². The summed E-state index contributed by atoms with van der Waals surface area (Å²) in [5, 5.41) is 13.2. The standard InChI is InChI=1S/C21H14BrCl4N5O2/c22-14-10-31(9-12-4-5-13(23)8-17(12)26)29-20(14)27-21(32)18-6-7-30(28-18)11-33-19-15(24)2-1-3-16(19)25/h1-8,10H,9,11H2,(H,27,29,32). The van der Waals surface area contributed by atoms with Gasteiger partial charge in [-0.2, -0.15) is 10.2 Å². The monoisotopic (exact) mass is 587 g/mol. The molecule has 0 aliphatic heterocycles. The van der Waals surface area contributed by atoms with E-state index in [0.717, 1.165) is 5.56 Å². The van der Waals surface area contributed by atoms with E-state index in [9.17, 15) is 4.79 Å². The minimum Gasteiger partial charge on any atom is -0.468 e. The normalized spacial score (nSPS) is 10.9. The number of rotatable bonds is 7. The first-order valence-electron chi connectivity index (χ1n) is 9.38. The first kappa shape index (κ1) is 23.9. The van der Waals surface area contributed by atoms with Gasteiger partial charge in [0.25, 0.3) is 5.91 Å². The molecule has 7 nitrogen and oxygen atoms in total. The number of nitrogens with zero attached hydrogens (tertiary/aromatic N) is 4. The number of para-hydroxylation sites is 1. The fourth-order valence-corrected chi connectivity index (χ4v) is 4.25. The molecule has 0 aliphatic carbocycles. The summed E-state index contributed by atoms with van der Waals surface area (Å²) >= 11 is 27.8. The van der Waals surface area contributed by atoms with E-state index in [1.54, 1.807) is 53.5 Å². The van der Waals surface area contributed by atoms with Gasteiger partial charge < -0.3 is 10.1 Å². The van der Waals surface area contributed by atoms with Crippen LogP contribution in [0, 0.1) is 0 Å². The van der Waals surface area contributed by atoms with Gasteiger partial charge in [-0.05, 0) is 51.8 Å². The van der Waals surface area contributed by atoms with Gasteiger partial charge in [0.2, 0.25) is 0 Å². The number of nitrogens with one attached hydrogen (secondary N) is 1. The SMILES string of the molecule is O=C(Nc1nn(Cc2ccc(Cl)cc2Cl)cc1Br)c1ccn(COc2c(Cl)cccc2Cl)n1. The molecule has 33 heavy (non-hydrogen) atoms. The fraction of sp³-hybridized carbons (Fsp3) is 0.0952. The first-order chi connectivity index (χ1) is 15.8. The van der Waals surface area contributed by atoms with Crippen LogP contribution < -0.4 is 10.1 Å². The van der Waals surface area contributed by atoms with Crippen molar-refractivity contribution < 1.29 is 9.53 Å². The Hall–Kier alpha value is -2.23. The lowest BCUT2D eigenvalue weighted by molar-refractivity contribution is 0.101. The summed E-state index contributed by atoms with van der Waals surface area (Å²) in [4.78, 5) is 12.6. The highest BCUT2D eigenvalue weighted by Crippen LogP contribution is 2.32. The largest absolute Gasteiger partial charge is 0.468 e. The van der Waals surface area contributed by atoms with Gasteiger partial charge in [-0.25, -0.2) is 4.68 Å². The predicted octanol–water partition coefficient (Wildman–Crippen LogP) is 6.79. The highest BCUT2D eigenvalue weighted by Gasteiger charge is 2.16. The Morgan fingerprint density at radius 2 is 1.76 bits per heavy atom. The molecule has 0 unspecified atom stereocenters. The van der Waals surface area contributed by atoms with Gasteiger partial charge >= 0.3 is 0 Å². The number of halogens is 5. The Kier molecular flexibility index (Phi) is 7.51. The maximum atomic E-state index is 12.6. The van der Waals surface area contributed by atoms with Gasteiger partial charge in [-0.15, -0.1) is 0 Å². The molecule has 2 heterocycles. The van der Waals surface area contributed by atoms with Crippen molar-refractivity contribution in [3.63, 3.8) is 0 Å². The van der Waals surface area contributed by atoms with Crippen LogP contribution in [0.15, 0.2) is 59.3 Å². The molecule has 2 aromatic carbocycles. The quantitative estimate of drug-likeness (QED) is 0.257. The summed E-state index contributed by atoms with van der Waals surface area (Å²) in [6.07, 6.45) is 3.34. The molecule has 0 bridgehead atoms. The molecule has 2 aromatic heterocycles. The molecule has 0 saturated heterocycles. The van der Waals surface area contributed by atoms with Crippen LogP contribution in [-0.2, 0) is 13.3 Å². The number of carbonyl (C=O) groups excluding carboxylic acids is 1. The number of aromatic nitrogens is 4. The lowest BCUT2D eigenvalue weighted by Gasteiger charge is -2.09. The summed E-state index contributed by atoms with van der Waals surface area (Å²) in [5.41, 5.74) is 1.03. The van der Waals surface area contributed by atoms with E-state index >= 15 is 0 Å². The molecule has 0 spiro atoms. The molecule has 170 valence electrons. The second-order valence-corrected chi connectivity index (χ2v) is 9.29. The highest BCUT2D eigenvalue weighted by molar-refractivity contribution is 9.10. The summed E-state index contributed by atoms with van der Waals surface area (Å²) in [7, 11) is 0. The van der Waals surface area contributed by atoms with Crippen LogP contribution in [0.3, 0.4) is 0 Å². The van der Waals surface area contributed by atoms with Crippen LogP contribution in [-0.4, -0.2) is 25.5 Å². The third-order valence-corrected chi connectivity index (χ3v) is 6.19. The van der Waals surface area contributed by atoms with Crippen LogP contribution in [0.1, 0.15) is 16.1 Å². The van der Waals surface area contributed by atoms with Crippen LogP contribution in [0.5, 0.6) is 5.75 Å². The van der Waals surface area contributed by atoms with Crippen molar-refractivity contribution in [1.29, 1.82) is 0 Å². The number of ether oxygens (including phenoxy) is 1. The maximum Gasteiger partial charge on any atom is 0.277 e. The van der Waals surface area contributed by atoms with E-state index in [-0.39, 0.29) is 12.4 Å². The second-order valence-electron chi connectivity index (χ2n) is 6.78. The van der Waals surface area contributed by atoms with Crippen molar-refractivity contribution in [2.24, 2.45) is 0 Å². The molecular weight excluding hydrogens is 576 g/mol. The Morgan fingerprint density at radius 3 is 2.48 bits per heavy atom. The van der Waals surface area contributed by atoms with Crippen LogP contribution in [0.2, 0.25) is 20.1 Å². The van der Waals surface area contributed by atoms with E-state index in [1.165, 1.54) is 4.68 Å². The maximum absolute atomic E-state index is 12.6. The van der Waals surface area contributed by atoms with E-state index in [0.29, 0.717) is 42.7 Å². The Labute approximate surface area is 217 Å². The van der Waals surface area contributed by atoms with Crippen LogP contribution in [0.4, 0.5) is 5.82 Å². The molecule has 4 aromatic rings. The van der Waals surface area contributed by atoms with Crippen molar-refractivity contribution in [3.05, 3.63) is 90.7 Å². The van der Waals surface area contributed by atoms with Crippen molar-refractivity contribution >= 4 is 74.1 Å². The molecule has 1 N–H and O–H groups in total. The molecule has 0 aliphatic rings. The van der Waals surface area contributed by atoms with Gasteiger partial charge in [-0.3, -0.25) is 9.48 Å². The van der Waals surface area contributed by atoms with Crippen molar-refractivity contribution in [3.8, 4) is 5.75 Å². The van der Waals surface area contributed by atoms with Crippen molar-refractivity contribution in [2.45, 2.75) is 13.3 Å². The van der Waals surface area contributed by atoms with Gasteiger partial charge in [0, 0.05) is 22.4 Å². The molecule has 0 atom stereocenters. The van der Waals surface area contributed by atoms with E-state index in [2.05, 4.69) is 31.4 Å². The van der Waals surface area contributed by atoms with Gasteiger partial charge in [-0.1, -0.05) is 58.5 Å². The summed E-state index contributed by atoms with van der Waals surface area (Å²) < 4.78 is 9.33. The Morgan fingerprint density at radius 1 is 1.00 bits per heavy atom. The van der Waals surface area contributed by atoms with Crippen LogP contribution >= 0.6 is 62.3 Å². The lowest BCUT2D eigenvalue weighted by atomic mass is 10.2. The number of benzene rings is 2. The minimum atomic E-state index is -0.431. The lowest BCUT2D eigenvalue weighted by Crippen LogP contribution is -2.15. The van der Waals surface area contributed by atoms with Crippen molar-refractivity contribution in [1.82, 2.24) is 19.6 Å². The smallest absolute Gasteiger partial charge is 0.277 e. The zero-order valence-corrected chi connectivity index (χ0v) is 21.2. The summed E-state index contributed by atoms with van der Waals surface area (Å²) in [6.45, 7) is 0.429.